The van der Waals surface area contributed by atoms with Gasteiger partial charge >= 0.3 is 16.2 Å². The Labute approximate surface area is 115 Å². The molecule has 1 aromatic rings. The van der Waals surface area contributed by atoms with Crippen molar-refractivity contribution in [1.29, 1.82) is 0 Å². The molecule has 7 nitrogen and oxygen atoms in total. The minimum absolute atomic E-state index is 0.0401. The van der Waals surface area contributed by atoms with Crippen molar-refractivity contribution >= 4 is 32.6 Å². The van der Waals surface area contributed by atoms with Crippen LogP contribution in [0.5, 0.6) is 0 Å². The largest absolute Gasteiger partial charge is 0.469 e. The lowest BCUT2D eigenvalue weighted by molar-refractivity contribution is -0.139. The first-order valence-electron chi connectivity index (χ1n) is 5.80. The summed E-state index contributed by atoms with van der Waals surface area (Å²) in [6.07, 6.45) is 1.80. The normalized spacial score (nSPS) is 16.5. The Morgan fingerprint density at radius 3 is 2.84 bits per heavy atom. The van der Waals surface area contributed by atoms with Gasteiger partial charge in [0.05, 0.1) is 19.2 Å². The zero-order chi connectivity index (χ0) is 13.9. The molecule has 0 amide bonds. The van der Waals surface area contributed by atoms with E-state index in [9.17, 15) is 13.2 Å². The molecule has 1 N–H and O–H groups in total. The van der Waals surface area contributed by atoms with Gasteiger partial charge in [0.1, 0.15) is 0 Å². The highest BCUT2D eigenvalue weighted by atomic mass is 32.2. The van der Waals surface area contributed by atoms with E-state index in [2.05, 4.69) is 14.4 Å². The summed E-state index contributed by atoms with van der Waals surface area (Å²) in [5.74, 6) is -0.403. The van der Waals surface area contributed by atoms with Crippen LogP contribution >= 0.6 is 11.3 Å². The number of hydrogen-bond donors (Lipinski definition) is 1. The predicted octanol–water partition coefficient (Wildman–Crippen LogP) is 0.611. The van der Waals surface area contributed by atoms with Crippen LogP contribution in [0.1, 0.15) is 18.5 Å². The number of rotatable bonds is 5. The van der Waals surface area contributed by atoms with Crippen molar-refractivity contribution in [3.8, 4) is 0 Å². The van der Waals surface area contributed by atoms with Gasteiger partial charge in [0.25, 0.3) is 0 Å². The van der Waals surface area contributed by atoms with Crippen molar-refractivity contribution in [2.75, 3.05) is 24.9 Å². The molecule has 1 fully saturated rings. The van der Waals surface area contributed by atoms with E-state index in [0.717, 1.165) is 24.2 Å². The summed E-state index contributed by atoms with van der Waals surface area (Å²) < 4.78 is 32.3. The molecule has 1 aliphatic rings. The lowest BCUT2D eigenvalue weighted by Crippen LogP contribution is -2.33. The molecule has 0 atom stereocenters. The molecule has 0 unspecified atom stereocenters. The number of carbonyl (C=O) groups is 1. The molecule has 0 bridgehead atoms. The van der Waals surface area contributed by atoms with E-state index < -0.39 is 16.2 Å². The zero-order valence-corrected chi connectivity index (χ0v) is 12.1. The smallest absolute Gasteiger partial charge is 0.311 e. The van der Waals surface area contributed by atoms with Crippen LogP contribution in [0.25, 0.3) is 0 Å². The van der Waals surface area contributed by atoms with E-state index in [0.29, 0.717) is 18.8 Å². The summed E-state index contributed by atoms with van der Waals surface area (Å²) >= 11 is 1.15. The molecule has 1 saturated heterocycles. The Balaban J connectivity index is 2.01. The monoisotopic (exact) mass is 305 g/mol. The second-order valence-electron chi connectivity index (χ2n) is 4.11. The van der Waals surface area contributed by atoms with E-state index in [1.165, 1.54) is 11.4 Å². The van der Waals surface area contributed by atoms with Crippen LogP contribution < -0.4 is 4.72 Å². The van der Waals surface area contributed by atoms with E-state index in [1.807, 2.05) is 0 Å². The van der Waals surface area contributed by atoms with Gasteiger partial charge < -0.3 is 4.74 Å². The number of hydrogen-bond acceptors (Lipinski definition) is 6. The fourth-order valence-corrected chi connectivity index (χ4v) is 3.95. The topological polar surface area (TPSA) is 88.6 Å². The maximum atomic E-state index is 12.0. The second kappa shape index (κ2) is 5.85. The van der Waals surface area contributed by atoms with Gasteiger partial charge in [-0.05, 0) is 12.8 Å². The third-order valence-electron chi connectivity index (χ3n) is 2.73. The van der Waals surface area contributed by atoms with Gasteiger partial charge in [0, 0.05) is 18.5 Å². The first-order valence-corrected chi connectivity index (χ1v) is 8.12. The molecule has 2 heterocycles. The molecular formula is C10H15N3O4S2. The lowest BCUT2D eigenvalue weighted by atomic mass is 10.3. The van der Waals surface area contributed by atoms with Crippen LogP contribution in [0, 0.1) is 0 Å². The number of anilines is 1. The van der Waals surface area contributed by atoms with Gasteiger partial charge in [-0.3, -0.25) is 4.79 Å². The molecule has 1 aliphatic heterocycles. The highest BCUT2D eigenvalue weighted by molar-refractivity contribution is 7.90. The average Bonchev–Trinajstić information content (AvgIpc) is 3.00. The highest BCUT2D eigenvalue weighted by Gasteiger charge is 2.26. The molecule has 0 saturated carbocycles. The van der Waals surface area contributed by atoms with Crippen LogP contribution in [0.2, 0.25) is 0 Å². The van der Waals surface area contributed by atoms with Gasteiger partial charge in [0.15, 0.2) is 5.13 Å². The van der Waals surface area contributed by atoms with Crippen molar-refractivity contribution < 1.29 is 17.9 Å². The maximum Gasteiger partial charge on any atom is 0.311 e. The Bertz CT molecular complexity index is 549. The fourth-order valence-electron chi connectivity index (χ4n) is 1.76. The number of thiazole rings is 1. The number of ether oxygens (including phenoxy) is 1. The van der Waals surface area contributed by atoms with E-state index in [-0.39, 0.29) is 11.6 Å². The van der Waals surface area contributed by atoms with Gasteiger partial charge in [0.2, 0.25) is 0 Å². The van der Waals surface area contributed by atoms with Crippen LogP contribution in [-0.2, 0) is 26.2 Å². The third-order valence-corrected chi connectivity index (χ3v) is 5.16. The molecule has 0 aliphatic carbocycles. The second-order valence-corrected chi connectivity index (χ2v) is 6.64. The summed E-state index contributed by atoms with van der Waals surface area (Å²) in [4.78, 5) is 15.1. The van der Waals surface area contributed by atoms with Crippen LogP contribution in [0.4, 0.5) is 5.13 Å². The summed E-state index contributed by atoms with van der Waals surface area (Å²) in [7, 11) is -2.22. The average molecular weight is 305 g/mol. The van der Waals surface area contributed by atoms with Crippen LogP contribution in [0.3, 0.4) is 0 Å². The van der Waals surface area contributed by atoms with Crippen molar-refractivity contribution in [3.63, 3.8) is 0 Å². The SMILES string of the molecule is COC(=O)Cc1csc(NS(=O)(=O)N2CCCC2)n1. The minimum atomic E-state index is -3.52. The fraction of sp³-hybridized carbons (Fsp3) is 0.600. The molecule has 0 spiro atoms. The van der Waals surface area contributed by atoms with Gasteiger partial charge in [-0.25, -0.2) is 9.71 Å². The first-order chi connectivity index (χ1) is 9.01. The number of nitrogens with zero attached hydrogens (tertiary/aromatic N) is 2. The number of nitrogens with one attached hydrogen (secondary N) is 1. The van der Waals surface area contributed by atoms with Crippen molar-refractivity contribution in [2.45, 2.75) is 19.3 Å². The standard InChI is InChI=1S/C10H15N3O4S2/c1-17-9(14)6-8-7-18-10(11-8)12-19(15,16)13-4-2-3-5-13/h7H,2-6H2,1H3,(H,11,12). The number of carbonyl (C=O) groups excluding carboxylic acids is 1. The van der Waals surface area contributed by atoms with Gasteiger partial charge in [-0.15, -0.1) is 11.3 Å². The lowest BCUT2D eigenvalue weighted by Gasteiger charge is -2.14. The van der Waals surface area contributed by atoms with Crippen molar-refractivity contribution in [2.24, 2.45) is 0 Å². The Hall–Kier alpha value is -1.19. The summed E-state index contributed by atoms with van der Waals surface area (Å²) in [5.41, 5.74) is 0.496. The molecule has 106 valence electrons. The maximum absolute atomic E-state index is 12.0. The molecule has 1 aromatic heterocycles. The van der Waals surface area contributed by atoms with E-state index >= 15 is 0 Å². The highest BCUT2D eigenvalue weighted by Crippen LogP contribution is 2.20. The number of aromatic nitrogens is 1. The number of esters is 1. The Kier molecular flexibility index (Phi) is 4.38. The zero-order valence-electron chi connectivity index (χ0n) is 10.5. The molecule has 0 radical (unpaired) electrons. The summed E-state index contributed by atoms with van der Waals surface area (Å²) in [6, 6.07) is 0. The molecule has 9 heteroatoms. The molecule has 2 rings (SSSR count). The molecule has 19 heavy (non-hydrogen) atoms. The Morgan fingerprint density at radius 2 is 2.21 bits per heavy atom. The minimum Gasteiger partial charge on any atom is -0.469 e. The first kappa shape index (κ1) is 14.2. The van der Waals surface area contributed by atoms with E-state index in [4.69, 9.17) is 0 Å². The van der Waals surface area contributed by atoms with Crippen molar-refractivity contribution in [1.82, 2.24) is 9.29 Å². The van der Waals surface area contributed by atoms with Crippen LogP contribution in [0.15, 0.2) is 5.38 Å². The quantitative estimate of drug-likeness (QED) is 0.805. The van der Waals surface area contributed by atoms with Crippen LogP contribution in [-0.4, -0.2) is 43.9 Å². The summed E-state index contributed by atoms with van der Waals surface area (Å²) in [5, 5.41) is 1.91. The molecular weight excluding hydrogens is 290 g/mol. The van der Waals surface area contributed by atoms with Gasteiger partial charge in [-0.1, -0.05) is 0 Å². The number of methoxy groups -OCH3 is 1. The molecule has 0 aromatic carbocycles. The van der Waals surface area contributed by atoms with Gasteiger partial charge in [-0.2, -0.15) is 12.7 Å². The van der Waals surface area contributed by atoms with E-state index in [1.54, 1.807) is 5.38 Å². The third kappa shape index (κ3) is 3.64. The summed E-state index contributed by atoms with van der Waals surface area (Å²) in [6.45, 7) is 1.07. The Morgan fingerprint density at radius 1 is 1.53 bits per heavy atom. The van der Waals surface area contributed by atoms with Crippen molar-refractivity contribution in [3.05, 3.63) is 11.1 Å². The predicted molar refractivity (Wildman–Crippen MR) is 71.2 cm³/mol.